The van der Waals surface area contributed by atoms with E-state index in [-0.39, 0.29) is 11.9 Å². The zero-order valence-electron chi connectivity index (χ0n) is 20.4. The molecule has 37 heavy (non-hydrogen) atoms. The summed E-state index contributed by atoms with van der Waals surface area (Å²) >= 11 is 6.48. The molecule has 0 spiro atoms. The van der Waals surface area contributed by atoms with E-state index in [2.05, 4.69) is 4.98 Å². The van der Waals surface area contributed by atoms with Crippen LogP contribution in [0.25, 0.3) is 10.9 Å². The Morgan fingerprint density at radius 1 is 1.03 bits per heavy atom. The molecular formula is C30H26ClNO5. The lowest BCUT2D eigenvalue weighted by molar-refractivity contribution is -0.191. The van der Waals surface area contributed by atoms with Crippen LogP contribution in [0.4, 0.5) is 0 Å². The van der Waals surface area contributed by atoms with Gasteiger partial charge < -0.3 is 9.47 Å². The van der Waals surface area contributed by atoms with Gasteiger partial charge >= 0.3 is 6.15 Å². The molecule has 0 saturated heterocycles. The van der Waals surface area contributed by atoms with Crippen molar-refractivity contribution >= 4 is 34.4 Å². The molecule has 0 bridgehead atoms. The second-order valence-corrected chi connectivity index (χ2v) is 9.43. The van der Waals surface area contributed by atoms with Gasteiger partial charge in [-0.25, -0.2) is 0 Å². The molecule has 7 heteroatoms. The monoisotopic (exact) mass is 515 g/mol. The summed E-state index contributed by atoms with van der Waals surface area (Å²) in [7, 11) is 0. The Kier molecular flexibility index (Phi) is 8.68. The van der Waals surface area contributed by atoms with Crippen LogP contribution in [0.5, 0.6) is 17.2 Å². The molecule has 1 aliphatic carbocycles. The molecule has 5 rings (SSSR count). The Hall–Kier alpha value is -3.99. The number of Topliss-reactive ketones (excluding diaryl/α,β-unsaturated/α-hetero) is 1. The van der Waals surface area contributed by atoms with Crippen LogP contribution in [0.2, 0.25) is 5.02 Å². The summed E-state index contributed by atoms with van der Waals surface area (Å²) in [4.78, 5) is 33.0. The van der Waals surface area contributed by atoms with Gasteiger partial charge in [-0.15, -0.1) is 0 Å². The minimum absolute atomic E-state index is 0.249. The van der Waals surface area contributed by atoms with Gasteiger partial charge in [-0.2, -0.15) is 9.59 Å². The first kappa shape index (κ1) is 26.1. The highest BCUT2D eigenvalue weighted by Gasteiger charge is 2.24. The van der Waals surface area contributed by atoms with Gasteiger partial charge in [-0.3, -0.25) is 9.78 Å². The van der Waals surface area contributed by atoms with Gasteiger partial charge in [-0.1, -0.05) is 48.0 Å². The highest BCUT2D eigenvalue weighted by molar-refractivity contribution is 6.31. The molecule has 4 aromatic rings. The van der Waals surface area contributed by atoms with E-state index in [1.165, 1.54) is 12.8 Å². The van der Waals surface area contributed by atoms with Crippen LogP contribution < -0.4 is 9.47 Å². The third-order valence-corrected chi connectivity index (χ3v) is 6.44. The van der Waals surface area contributed by atoms with E-state index in [9.17, 15) is 4.79 Å². The Morgan fingerprint density at radius 2 is 1.78 bits per heavy atom. The standard InChI is InChI=1S/C29H26ClNO3.CO2/c1-19-13-25-27(17-29(19)33-18-21-5-3-2-4-6-21)31-12-11-28(25)34-24-10-9-22(26(30)16-24)15-23(32)14-20-7-8-20;2-1-3/h2-6,9-13,16-17,20H,7-8,14-15,18H2,1H3;. The van der Waals surface area contributed by atoms with E-state index < -0.39 is 0 Å². The largest absolute Gasteiger partial charge is 0.489 e. The number of aryl methyl sites for hydroxylation is 1. The van der Waals surface area contributed by atoms with Gasteiger partial charge in [0.05, 0.1) is 5.52 Å². The quantitative estimate of drug-likeness (QED) is 0.241. The first-order chi connectivity index (χ1) is 18.0. The number of carbonyl (C=O) groups excluding carboxylic acids is 3. The molecule has 0 atom stereocenters. The van der Waals surface area contributed by atoms with E-state index in [1.807, 2.05) is 67.6 Å². The molecule has 3 aromatic carbocycles. The van der Waals surface area contributed by atoms with Gasteiger partial charge in [-0.05, 0) is 66.6 Å². The van der Waals surface area contributed by atoms with Crippen LogP contribution in [0.15, 0.2) is 72.9 Å². The van der Waals surface area contributed by atoms with Crippen LogP contribution in [-0.4, -0.2) is 16.9 Å². The van der Waals surface area contributed by atoms with Crippen LogP contribution >= 0.6 is 11.6 Å². The number of hydrogen-bond acceptors (Lipinski definition) is 6. The van der Waals surface area contributed by atoms with Crippen molar-refractivity contribution in [1.82, 2.24) is 4.98 Å². The third kappa shape index (κ3) is 7.26. The fourth-order valence-corrected chi connectivity index (χ4v) is 4.26. The van der Waals surface area contributed by atoms with E-state index in [1.54, 1.807) is 12.3 Å². The maximum Gasteiger partial charge on any atom is 0.373 e. The topological polar surface area (TPSA) is 82.6 Å². The van der Waals surface area contributed by atoms with Crippen molar-refractivity contribution in [3.05, 3.63) is 94.6 Å². The Bertz CT molecular complexity index is 1430. The highest BCUT2D eigenvalue weighted by Crippen LogP contribution is 2.35. The number of pyridine rings is 1. The lowest BCUT2D eigenvalue weighted by Gasteiger charge is -2.14. The number of benzene rings is 3. The maximum atomic E-state index is 12.2. The van der Waals surface area contributed by atoms with Crippen molar-refractivity contribution < 1.29 is 23.9 Å². The minimum Gasteiger partial charge on any atom is -0.489 e. The summed E-state index contributed by atoms with van der Waals surface area (Å²) in [6.45, 7) is 2.51. The summed E-state index contributed by atoms with van der Waals surface area (Å²) in [5.41, 5.74) is 3.75. The third-order valence-electron chi connectivity index (χ3n) is 6.09. The predicted molar refractivity (Wildman–Crippen MR) is 140 cm³/mol. The number of carbonyl (C=O) groups is 1. The van der Waals surface area contributed by atoms with Crippen LogP contribution in [0.1, 0.15) is 36.0 Å². The Morgan fingerprint density at radius 3 is 2.49 bits per heavy atom. The first-order valence-electron chi connectivity index (χ1n) is 12.0. The second kappa shape index (κ2) is 12.3. The van der Waals surface area contributed by atoms with Crippen molar-refractivity contribution in [2.24, 2.45) is 5.92 Å². The van der Waals surface area contributed by atoms with Crippen LogP contribution in [0, 0.1) is 12.8 Å². The van der Waals surface area contributed by atoms with Gasteiger partial charge in [0.1, 0.15) is 29.6 Å². The van der Waals surface area contributed by atoms with Gasteiger partial charge in [0.25, 0.3) is 0 Å². The number of rotatable bonds is 9. The smallest absolute Gasteiger partial charge is 0.373 e. The number of hydrogen-bond donors (Lipinski definition) is 0. The number of ether oxygens (including phenoxy) is 2. The Labute approximate surface area is 220 Å². The SMILES string of the molecule is Cc1cc2c(Oc3ccc(CC(=O)CC4CC4)c(Cl)c3)ccnc2cc1OCc1ccccc1.O=C=O. The van der Waals surface area contributed by atoms with Crippen molar-refractivity contribution in [1.29, 1.82) is 0 Å². The molecule has 1 saturated carbocycles. The molecule has 6 nitrogen and oxygen atoms in total. The van der Waals surface area contributed by atoms with Gasteiger partial charge in [0, 0.05) is 35.5 Å². The molecule has 0 amide bonds. The maximum absolute atomic E-state index is 12.2. The fraction of sp³-hybridized carbons (Fsp3) is 0.233. The molecule has 1 heterocycles. The molecule has 188 valence electrons. The van der Waals surface area contributed by atoms with Crippen LogP contribution in [-0.2, 0) is 27.4 Å². The zero-order chi connectivity index (χ0) is 26.2. The van der Waals surface area contributed by atoms with E-state index in [0.717, 1.165) is 33.3 Å². The lowest BCUT2D eigenvalue weighted by Crippen LogP contribution is -2.04. The van der Waals surface area contributed by atoms with Crippen molar-refractivity contribution in [3.8, 4) is 17.2 Å². The van der Waals surface area contributed by atoms with Gasteiger partial charge in [0.2, 0.25) is 0 Å². The predicted octanol–water partition coefficient (Wildman–Crippen LogP) is 6.90. The lowest BCUT2D eigenvalue weighted by atomic mass is 10.0. The summed E-state index contributed by atoms with van der Waals surface area (Å²) in [6, 6.07) is 21.4. The summed E-state index contributed by atoms with van der Waals surface area (Å²) in [5, 5.41) is 1.44. The number of fused-ring (bicyclic) bond motifs is 1. The molecule has 0 radical (unpaired) electrons. The fourth-order valence-electron chi connectivity index (χ4n) is 4.03. The molecule has 1 aliphatic rings. The van der Waals surface area contributed by atoms with Crippen molar-refractivity contribution in [2.45, 2.75) is 39.2 Å². The zero-order valence-corrected chi connectivity index (χ0v) is 21.2. The van der Waals surface area contributed by atoms with E-state index in [0.29, 0.717) is 41.9 Å². The summed E-state index contributed by atoms with van der Waals surface area (Å²) in [5.74, 6) is 2.94. The molecule has 0 unspecified atom stereocenters. The van der Waals surface area contributed by atoms with Crippen molar-refractivity contribution in [2.75, 3.05) is 0 Å². The molecule has 0 N–H and O–H groups in total. The number of aromatic nitrogens is 1. The minimum atomic E-state index is 0.249. The van der Waals surface area contributed by atoms with Crippen molar-refractivity contribution in [3.63, 3.8) is 0 Å². The first-order valence-corrected chi connectivity index (χ1v) is 12.4. The molecule has 1 aromatic heterocycles. The molecule has 0 aliphatic heterocycles. The average molecular weight is 516 g/mol. The number of halogens is 1. The molecule has 1 fully saturated rings. The second-order valence-electron chi connectivity index (χ2n) is 9.02. The number of nitrogens with zero attached hydrogens (tertiary/aromatic N) is 1. The normalized spacial score (nSPS) is 12.3. The van der Waals surface area contributed by atoms with Crippen LogP contribution in [0.3, 0.4) is 0 Å². The van der Waals surface area contributed by atoms with E-state index in [4.69, 9.17) is 30.7 Å². The average Bonchev–Trinajstić information content (AvgIpc) is 3.70. The highest BCUT2D eigenvalue weighted by atomic mass is 35.5. The van der Waals surface area contributed by atoms with E-state index >= 15 is 0 Å². The number of ketones is 1. The summed E-state index contributed by atoms with van der Waals surface area (Å²) in [6.07, 6.45) is 5.35. The summed E-state index contributed by atoms with van der Waals surface area (Å²) < 4.78 is 12.2. The molecular weight excluding hydrogens is 490 g/mol. The van der Waals surface area contributed by atoms with Gasteiger partial charge in [0.15, 0.2) is 0 Å². The Balaban J connectivity index is 0.00000102.